The highest BCUT2D eigenvalue weighted by atomic mass is 16.5. The predicted octanol–water partition coefficient (Wildman–Crippen LogP) is 2.61. The minimum atomic E-state index is 0.689. The van der Waals surface area contributed by atoms with Gasteiger partial charge < -0.3 is 4.74 Å². The summed E-state index contributed by atoms with van der Waals surface area (Å²) in [5.41, 5.74) is 1.12. The van der Waals surface area contributed by atoms with Crippen LogP contribution in [0.5, 0.6) is 5.75 Å². The van der Waals surface area contributed by atoms with Crippen molar-refractivity contribution in [3.05, 3.63) is 42.5 Å². The average Bonchev–Trinajstić information content (AvgIpc) is 2.06. The van der Waals surface area contributed by atoms with Gasteiger partial charge in [0.2, 0.25) is 0 Å². The van der Waals surface area contributed by atoms with Crippen LogP contribution >= 0.6 is 0 Å². The third-order valence-corrected chi connectivity index (χ3v) is 1.49. The van der Waals surface area contributed by atoms with Crippen molar-refractivity contribution in [2.24, 2.45) is 0 Å². The average molecular weight is 161 g/mol. The van der Waals surface area contributed by atoms with Crippen LogP contribution in [0.3, 0.4) is 0 Å². The van der Waals surface area contributed by atoms with Crippen LogP contribution in [0, 0.1) is 6.07 Å². The summed E-state index contributed by atoms with van der Waals surface area (Å²) in [5, 5.41) is 0. The Kier molecular flexibility index (Phi) is 3.39. The van der Waals surface area contributed by atoms with Gasteiger partial charge in [-0.1, -0.05) is 18.2 Å². The first-order chi connectivity index (χ1) is 5.86. The molecule has 1 rings (SSSR count). The molecule has 1 radical (unpaired) electrons. The summed E-state index contributed by atoms with van der Waals surface area (Å²) in [5.74, 6) is 0.817. The van der Waals surface area contributed by atoms with Crippen molar-refractivity contribution in [2.45, 2.75) is 13.3 Å². The van der Waals surface area contributed by atoms with Gasteiger partial charge in [-0.15, -0.1) is 6.58 Å². The number of ether oxygens (including phenoxy) is 1. The van der Waals surface area contributed by atoms with Crippen molar-refractivity contribution in [1.29, 1.82) is 0 Å². The molecule has 1 nitrogen and oxygen atoms in total. The molecule has 0 unspecified atom stereocenters. The van der Waals surface area contributed by atoms with Gasteiger partial charge in [0, 0.05) is 6.07 Å². The maximum Gasteiger partial charge on any atom is 0.127 e. The molecule has 1 aromatic rings. The number of hydrogen-bond donors (Lipinski definition) is 0. The third-order valence-electron chi connectivity index (χ3n) is 1.49. The molecule has 0 saturated heterocycles. The van der Waals surface area contributed by atoms with Gasteiger partial charge in [0.1, 0.15) is 5.75 Å². The van der Waals surface area contributed by atoms with Crippen molar-refractivity contribution in [1.82, 2.24) is 0 Å². The molecule has 1 heteroatoms. The monoisotopic (exact) mass is 161 g/mol. The first-order valence-corrected chi connectivity index (χ1v) is 4.11. The zero-order valence-electron chi connectivity index (χ0n) is 7.34. The van der Waals surface area contributed by atoms with Crippen molar-refractivity contribution in [2.75, 3.05) is 6.61 Å². The van der Waals surface area contributed by atoms with Crippen LogP contribution < -0.4 is 4.74 Å². The van der Waals surface area contributed by atoms with E-state index in [-0.39, 0.29) is 0 Å². The Labute approximate surface area is 73.7 Å². The SMILES string of the molecule is C=CCc1[c]c(OCC)ccc1. The van der Waals surface area contributed by atoms with Gasteiger partial charge in [0.25, 0.3) is 0 Å². The van der Waals surface area contributed by atoms with Crippen molar-refractivity contribution in [3.63, 3.8) is 0 Å². The van der Waals surface area contributed by atoms with Gasteiger partial charge in [-0.3, -0.25) is 0 Å². The topological polar surface area (TPSA) is 9.23 Å². The van der Waals surface area contributed by atoms with Gasteiger partial charge in [0.05, 0.1) is 6.61 Å². The molecule has 0 spiro atoms. The molecule has 0 amide bonds. The molecule has 0 heterocycles. The fourth-order valence-electron chi connectivity index (χ4n) is 1.01. The maximum atomic E-state index is 5.30. The van der Waals surface area contributed by atoms with Gasteiger partial charge in [0.15, 0.2) is 0 Å². The van der Waals surface area contributed by atoms with E-state index in [4.69, 9.17) is 4.74 Å². The van der Waals surface area contributed by atoms with Crippen LogP contribution in [-0.4, -0.2) is 6.61 Å². The Morgan fingerprint density at radius 1 is 1.58 bits per heavy atom. The summed E-state index contributed by atoms with van der Waals surface area (Å²) in [6, 6.07) is 9.06. The second-order valence-electron chi connectivity index (χ2n) is 2.47. The van der Waals surface area contributed by atoms with E-state index in [1.54, 1.807) is 0 Å². The number of benzene rings is 1. The maximum absolute atomic E-state index is 5.30. The number of hydrogen-bond acceptors (Lipinski definition) is 1. The van der Waals surface area contributed by atoms with Crippen molar-refractivity contribution < 1.29 is 4.74 Å². The first kappa shape index (κ1) is 8.85. The lowest BCUT2D eigenvalue weighted by atomic mass is 10.1. The molecule has 0 aliphatic rings. The van der Waals surface area contributed by atoms with Gasteiger partial charge >= 0.3 is 0 Å². The van der Waals surface area contributed by atoms with E-state index < -0.39 is 0 Å². The van der Waals surface area contributed by atoms with Crippen LogP contribution in [0.4, 0.5) is 0 Å². The fraction of sp³-hybridized carbons (Fsp3) is 0.273. The molecule has 12 heavy (non-hydrogen) atoms. The highest BCUT2D eigenvalue weighted by Gasteiger charge is 1.94. The largest absolute Gasteiger partial charge is 0.493 e. The predicted molar refractivity (Wildman–Crippen MR) is 50.3 cm³/mol. The molecule has 0 saturated carbocycles. The first-order valence-electron chi connectivity index (χ1n) is 4.11. The fourth-order valence-corrected chi connectivity index (χ4v) is 1.01. The Morgan fingerprint density at radius 2 is 2.42 bits per heavy atom. The molecule has 0 bridgehead atoms. The van der Waals surface area contributed by atoms with E-state index in [0.29, 0.717) is 6.61 Å². The van der Waals surface area contributed by atoms with Crippen LogP contribution in [0.25, 0.3) is 0 Å². The molecule has 0 N–H and O–H groups in total. The zero-order valence-corrected chi connectivity index (χ0v) is 7.34. The summed E-state index contributed by atoms with van der Waals surface area (Å²) in [6.45, 7) is 6.33. The highest BCUT2D eigenvalue weighted by Crippen LogP contribution is 2.12. The molecule has 0 fully saturated rings. The number of allylic oxidation sites excluding steroid dienone is 1. The van der Waals surface area contributed by atoms with E-state index in [1.807, 2.05) is 31.2 Å². The zero-order chi connectivity index (χ0) is 8.81. The molecular formula is C11H13O. The second-order valence-corrected chi connectivity index (χ2v) is 2.47. The van der Waals surface area contributed by atoms with Gasteiger partial charge in [-0.05, 0) is 25.0 Å². The second kappa shape index (κ2) is 4.60. The lowest BCUT2D eigenvalue weighted by Crippen LogP contribution is -1.92. The van der Waals surface area contributed by atoms with Crippen molar-refractivity contribution >= 4 is 0 Å². The third kappa shape index (κ3) is 2.42. The summed E-state index contributed by atoms with van der Waals surface area (Å²) in [6.07, 6.45) is 2.71. The minimum absolute atomic E-state index is 0.689. The van der Waals surface area contributed by atoms with Gasteiger partial charge in [-0.2, -0.15) is 0 Å². The molecular weight excluding hydrogens is 148 g/mol. The normalized spacial score (nSPS) is 9.42. The lowest BCUT2D eigenvalue weighted by molar-refractivity contribution is 0.339. The Bertz CT molecular complexity index is 253. The molecule has 0 aromatic heterocycles. The summed E-state index contributed by atoms with van der Waals surface area (Å²) in [7, 11) is 0. The molecule has 0 aliphatic heterocycles. The lowest BCUT2D eigenvalue weighted by Gasteiger charge is -2.02. The van der Waals surface area contributed by atoms with Crippen molar-refractivity contribution in [3.8, 4) is 5.75 Å². The molecule has 0 atom stereocenters. The molecule has 0 aliphatic carbocycles. The van der Waals surface area contributed by atoms with Crippen LogP contribution in [0.2, 0.25) is 0 Å². The van der Waals surface area contributed by atoms with Crippen LogP contribution in [0.15, 0.2) is 30.9 Å². The Balaban J connectivity index is 2.73. The van der Waals surface area contributed by atoms with E-state index in [1.165, 1.54) is 0 Å². The van der Waals surface area contributed by atoms with E-state index in [0.717, 1.165) is 17.7 Å². The molecule has 63 valence electrons. The standard InChI is InChI=1S/C11H13O/c1-3-6-10-7-5-8-11(9-10)12-4-2/h3,5,7-8H,1,4,6H2,2H3. The quantitative estimate of drug-likeness (QED) is 0.617. The van der Waals surface area contributed by atoms with E-state index in [2.05, 4.69) is 12.6 Å². The minimum Gasteiger partial charge on any atom is -0.493 e. The molecule has 1 aromatic carbocycles. The van der Waals surface area contributed by atoms with Crippen LogP contribution in [-0.2, 0) is 6.42 Å². The summed E-state index contributed by atoms with van der Waals surface area (Å²) < 4.78 is 5.30. The summed E-state index contributed by atoms with van der Waals surface area (Å²) in [4.78, 5) is 0. The summed E-state index contributed by atoms with van der Waals surface area (Å²) >= 11 is 0. The highest BCUT2D eigenvalue weighted by molar-refractivity contribution is 5.27. The van der Waals surface area contributed by atoms with Crippen LogP contribution in [0.1, 0.15) is 12.5 Å². The number of rotatable bonds is 4. The van der Waals surface area contributed by atoms with Gasteiger partial charge in [-0.25, -0.2) is 0 Å². The Hall–Kier alpha value is -1.24. The smallest absolute Gasteiger partial charge is 0.127 e. The van der Waals surface area contributed by atoms with E-state index >= 15 is 0 Å². The Morgan fingerprint density at radius 3 is 3.08 bits per heavy atom. The van der Waals surface area contributed by atoms with E-state index in [9.17, 15) is 0 Å².